The van der Waals surface area contributed by atoms with E-state index >= 15 is 0 Å². The monoisotopic (exact) mass is 389 g/mol. The Morgan fingerprint density at radius 1 is 0.931 bits per heavy atom. The molecule has 0 atom stereocenters. The predicted octanol–water partition coefficient (Wildman–Crippen LogP) is 3.76. The molecule has 0 saturated heterocycles. The molecule has 0 aliphatic carbocycles. The van der Waals surface area contributed by atoms with Crippen molar-refractivity contribution in [2.75, 3.05) is 13.1 Å². The minimum Gasteiger partial charge on any atom is -0.356 e. The molecule has 6 nitrogen and oxygen atoms in total. The van der Waals surface area contributed by atoms with Crippen molar-refractivity contribution in [2.45, 2.75) is 38.6 Å². The van der Waals surface area contributed by atoms with Gasteiger partial charge >= 0.3 is 0 Å². The number of unbranched alkanes of at least 4 members (excludes halogenated alkanes) is 3. The van der Waals surface area contributed by atoms with E-state index in [1.165, 1.54) is 0 Å². The van der Waals surface area contributed by atoms with Gasteiger partial charge in [0.25, 0.3) is 0 Å². The summed E-state index contributed by atoms with van der Waals surface area (Å²) >= 11 is 0. The Morgan fingerprint density at radius 3 is 2.48 bits per heavy atom. The van der Waals surface area contributed by atoms with Crippen molar-refractivity contribution in [3.63, 3.8) is 0 Å². The summed E-state index contributed by atoms with van der Waals surface area (Å²) < 4.78 is 2.12. The van der Waals surface area contributed by atoms with Crippen molar-refractivity contribution in [3.8, 4) is 0 Å². The first-order chi connectivity index (χ1) is 14.3. The van der Waals surface area contributed by atoms with E-state index in [-0.39, 0.29) is 5.91 Å². The lowest BCUT2D eigenvalue weighted by atomic mass is 10.2. The van der Waals surface area contributed by atoms with Gasteiger partial charge in [0.05, 0.1) is 16.6 Å². The maximum Gasteiger partial charge on any atom is 0.221 e. The van der Waals surface area contributed by atoms with Crippen molar-refractivity contribution in [3.05, 3.63) is 48.5 Å². The Labute approximate surface area is 170 Å². The molecule has 29 heavy (non-hydrogen) atoms. The van der Waals surface area contributed by atoms with E-state index in [4.69, 9.17) is 15.7 Å². The number of nitrogens with zero attached hydrogens (tertiary/aromatic N) is 3. The molecule has 1 amide bonds. The highest BCUT2D eigenvalue weighted by Crippen LogP contribution is 2.28. The highest BCUT2D eigenvalue weighted by molar-refractivity contribution is 6.06. The minimum atomic E-state index is 0.0727. The Hall–Kier alpha value is -2.99. The number of nitrogens with one attached hydrogen (secondary N) is 1. The van der Waals surface area contributed by atoms with E-state index in [1.54, 1.807) is 0 Å². The van der Waals surface area contributed by atoms with Crippen LogP contribution in [-0.4, -0.2) is 33.5 Å². The lowest BCUT2D eigenvalue weighted by Gasteiger charge is -2.08. The topological polar surface area (TPSA) is 85.8 Å². The molecule has 4 rings (SSSR count). The molecule has 0 unspecified atom stereocenters. The van der Waals surface area contributed by atoms with Crippen LogP contribution in [0.15, 0.2) is 48.5 Å². The quantitative estimate of drug-likeness (QED) is 0.427. The van der Waals surface area contributed by atoms with E-state index in [2.05, 4.69) is 22.0 Å². The number of fused-ring (bicyclic) bond motifs is 4. The zero-order chi connectivity index (χ0) is 20.1. The molecule has 0 aliphatic heterocycles. The largest absolute Gasteiger partial charge is 0.356 e. The number of hydrogen-bond acceptors (Lipinski definition) is 4. The fourth-order valence-corrected chi connectivity index (χ4v) is 3.76. The third-order valence-electron chi connectivity index (χ3n) is 5.27. The number of hydrogen-bond donors (Lipinski definition) is 2. The molecule has 0 radical (unpaired) electrons. The molecular formula is C23H27N5O. The molecule has 6 heteroatoms. The third-order valence-corrected chi connectivity index (χ3v) is 5.27. The van der Waals surface area contributed by atoms with E-state index in [0.717, 1.165) is 71.9 Å². The van der Waals surface area contributed by atoms with Crippen molar-refractivity contribution in [1.29, 1.82) is 0 Å². The lowest BCUT2D eigenvalue weighted by molar-refractivity contribution is -0.121. The van der Waals surface area contributed by atoms with E-state index in [1.807, 2.05) is 36.4 Å². The summed E-state index contributed by atoms with van der Waals surface area (Å²) in [6.45, 7) is 2.04. The molecule has 0 aliphatic rings. The number of amides is 1. The number of aromatic nitrogens is 3. The van der Waals surface area contributed by atoms with E-state index in [0.29, 0.717) is 13.0 Å². The van der Waals surface area contributed by atoms with Crippen molar-refractivity contribution in [1.82, 2.24) is 19.9 Å². The van der Waals surface area contributed by atoms with Gasteiger partial charge in [0, 0.05) is 24.9 Å². The highest BCUT2D eigenvalue weighted by atomic mass is 16.1. The third kappa shape index (κ3) is 4.22. The van der Waals surface area contributed by atoms with Crippen molar-refractivity contribution in [2.24, 2.45) is 5.73 Å². The van der Waals surface area contributed by atoms with Crippen LogP contribution < -0.4 is 11.1 Å². The molecule has 0 bridgehead atoms. The number of benzene rings is 2. The molecule has 2 heterocycles. The number of rotatable bonds is 9. The Bertz CT molecular complexity index is 1130. The average Bonchev–Trinajstić information content (AvgIpc) is 3.06. The van der Waals surface area contributed by atoms with Crippen molar-refractivity contribution < 1.29 is 4.79 Å². The first kappa shape index (κ1) is 19.3. The van der Waals surface area contributed by atoms with Crippen LogP contribution in [0, 0.1) is 0 Å². The van der Waals surface area contributed by atoms with Gasteiger partial charge in [-0.3, -0.25) is 4.79 Å². The van der Waals surface area contributed by atoms with Gasteiger partial charge in [-0.2, -0.15) is 0 Å². The fourth-order valence-electron chi connectivity index (χ4n) is 3.76. The number of carbonyl (C=O) groups excluding carboxylic acids is 1. The summed E-state index contributed by atoms with van der Waals surface area (Å²) in [7, 11) is 0. The second-order valence-corrected chi connectivity index (χ2v) is 7.36. The zero-order valence-electron chi connectivity index (χ0n) is 16.6. The lowest BCUT2D eigenvalue weighted by Crippen LogP contribution is -2.25. The first-order valence-electron chi connectivity index (χ1n) is 10.4. The second-order valence-electron chi connectivity index (χ2n) is 7.36. The standard InChI is InChI=1S/C23H27N5O/c24-14-7-1-2-8-15-25-21(29)13-16-28-20-12-6-3-9-17(20)22-23(28)27-19-11-5-4-10-18(19)26-22/h3-6,9-12H,1-2,7-8,13-16,24H2,(H,25,29). The molecule has 3 N–H and O–H groups in total. The van der Waals surface area contributed by atoms with Gasteiger partial charge in [-0.15, -0.1) is 0 Å². The predicted molar refractivity (Wildman–Crippen MR) is 118 cm³/mol. The van der Waals surface area contributed by atoms with Crippen LogP contribution in [-0.2, 0) is 11.3 Å². The van der Waals surface area contributed by atoms with Crippen LogP contribution in [0.5, 0.6) is 0 Å². The van der Waals surface area contributed by atoms with Gasteiger partial charge in [0.1, 0.15) is 5.52 Å². The Balaban J connectivity index is 1.52. The average molecular weight is 390 g/mol. The molecule has 0 saturated carbocycles. The normalized spacial score (nSPS) is 11.5. The molecule has 2 aromatic heterocycles. The van der Waals surface area contributed by atoms with Gasteiger partial charge < -0.3 is 15.6 Å². The molecule has 2 aromatic carbocycles. The zero-order valence-corrected chi connectivity index (χ0v) is 16.6. The summed E-state index contributed by atoms with van der Waals surface area (Å²) in [4.78, 5) is 22.0. The number of nitrogens with two attached hydrogens (primary N) is 1. The van der Waals surface area contributed by atoms with Crippen molar-refractivity contribution >= 4 is 39.0 Å². The smallest absolute Gasteiger partial charge is 0.221 e. The summed E-state index contributed by atoms with van der Waals surface area (Å²) in [6, 6.07) is 16.1. The summed E-state index contributed by atoms with van der Waals surface area (Å²) in [6.07, 6.45) is 4.70. The minimum absolute atomic E-state index is 0.0727. The number of aryl methyl sites for hydroxylation is 1. The van der Waals surface area contributed by atoms with Crippen LogP contribution in [0.1, 0.15) is 32.1 Å². The van der Waals surface area contributed by atoms with Crippen LogP contribution in [0.25, 0.3) is 33.1 Å². The molecule has 150 valence electrons. The molecule has 0 spiro atoms. The summed E-state index contributed by atoms with van der Waals surface area (Å²) in [5.41, 5.74) is 10.0. The van der Waals surface area contributed by atoms with Crippen LogP contribution in [0.3, 0.4) is 0 Å². The number of carbonyl (C=O) groups is 1. The summed E-state index contributed by atoms with van der Waals surface area (Å²) in [5, 5.41) is 4.10. The van der Waals surface area contributed by atoms with Gasteiger partial charge in [0.15, 0.2) is 5.65 Å². The highest BCUT2D eigenvalue weighted by Gasteiger charge is 2.14. The summed E-state index contributed by atoms with van der Waals surface area (Å²) in [5.74, 6) is 0.0727. The Morgan fingerprint density at radius 2 is 1.66 bits per heavy atom. The van der Waals surface area contributed by atoms with Gasteiger partial charge in [0.2, 0.25) is 5.91 Å². The van der Waals surface area contributed by atoms with Gasteiger partial charge in [-0.05, 0) is 37.6 Å². The first-order valence-corrected chi connectivity index (χ1v) is 10.4. The maximum absolute atomic E-state index is 12.3. The van der Waals surface area contributed by atoms with Gasteiger partial charge in [-0.1, -0.05) is 43.2 Å². The van der Waals surface area contributed by atoms with Crippen LogP contribution in [0.2, 0.25) is 0 Å². The van der Waals surface area contributed by atoms with E-state index in [9.17, 15) is 4.79 Å². The molecule has 0 fully saturated rings. The van der Waals surface area contributed by atoms with E-state index < -0.39 is 0 Å². The van der Waals surface area contributed by atoms with Crippen LogP contribution >= 0.6 is 0 Å². The Kier molecular flexibility index (Phi) is 6.00. The number of para-hydroxylation sites is 3. The molecular weight excluding hydrogens is 362 g/mol. The van der Waals surface area contributed by atoms with Gasteiger partial charge in [-0.25, -0.2) is 9.97 Å². The SMILES string of the molecule is NCCCCCCNC(=O)CCn1c2ccccc2c2nc3ccccc3nc21. The maximum atomic E-state index is 12.3. The van der Waals surface area contributed by atoms with Crippen LogP contribution in [0.4, 0.5) is 0 Å². The molecule has 4 aromatic rings. The fraction of sp³-hybridized carbons (Fsp3) is 0.348. The second kappa shape index (κ2) is 9.01.